The molecule has 1 fully saturated rings. The van der Waals surface area contributed by atoms with Gasteiger partial charge in [-0.3, -0.25) is 4.79 Å². The molecule has 2 N–H and O–H groups in total. The zero-order valence-corrected chi connectivity index (χ0v) is 16.8. The van der Waals surface area contributed by atoms with Crippen molar-refractivity contribution < 1.29 is 19.1 Å². The number of esters is 1. The molecule has 1 aromatic rings. The maximum Gasteiger partial charge on any atom is 0.350 e. The van der Waals surface area contributed by atoms with Gasteiger partial charge < -0.3 is 20.1 Å². The number of hydrogen-bond acceptors (Lipinski definition) is 7. The van der Waals surface area contributed by atoms with Crippen molar-refractivity contribution in [2.45, 2.75) is 51.6 Å². The Bertz CT molecular complexity index is 803. The van der Waals surface area contributed by atoms with E-state index in [4.69, 9.17) is 9.47 Å². The Morgan fingerprint density at radius 2 is 2.18 bits per heavy atom. The van der Waals surface area contributed by atoms with Crippen molar-refractivity contribution in [2.24, 2.45) is 0 Å². The minimum atomic E-state index is -0.678. The summed E-state index contributed by atoms with van der Waals surface area (Å²) in [6.45, 7) is 3.12. The number of carbonyl (C=O) groups excluding carboxylic acids is 2. The van der Waals surface area contributed by atoms with Gasteiger partial charge in [-0.15, -0.1) is 11.3 Å². The molecule has 1 aromatic heterocycles. The normalized spacial score (nSPS) is 18.9. The van der Waals surface area contributed by atoms with Crippen molar-refractivity contribution in [1.29, 1.82) is 5.26 Å². The number of hydrogen-bond donors (Lipinski definition) is 2. The SMILES string of the molecule is CCOC(=O)/C(C#N)=C/Nc1sc2c(c1C(=O)NC[C@H]1CCCO1)CCCC2. The van der Waals surface area contributed by atoms with E-state index in [0.29, 0.717) is 17.1 Å². The first-order valence-electron chi connectivity index (χ1n) is 9.72. The van der Waals surface area contributed by atoms with E-state index in [1.807, 2.05) is 6.07 Å². The Hall–Kier alpha value is -2.37. The van der Waals surface area contributed by atoms with Gasteiger partial charge in [0.15, 0.2) is 5.57 Å². The Labute approximate surface area is 168 Å². The van der Waals surface area contributed by atoms with Crippen LogP contribution in [0.3, 0.4) is 0 Å². The summed E-state index contributed by atoms with van der Waals surface area (Å²) in [5, 5.41) is 15.9. The fraction of sp³-hybridized carbons (Fsp3) is 0.550. The van der Waals surface area contributed by atoms with Crippen molar-refractivity contribution in [3.63, 3.8) is 0 Å². The number of rotatable bonds is 7. The summed E-state index contributed by atoms with van der Waals surface area (Å²) in [5.74, 6) is -0.816. The van der Waals surface area contributed by atoms with Gasteiger partial charge in [-0.2, -0.15) is 5.26 Å². The van der Waals surface area contributed by atoms with Crippen LogP contribution in [-0.4, -0.2) is 37.7 Å². The second kappa shape index (κ2) is 9.71. The minimum absolute atomic E-state index is 0.0729. The molecule has 0 radical (unpaired) electrons. The van der Waals surface area contributed by atoms with Crippen LogP contribution in [0, 0.1) is 11.3 Å². The van der Waals surface area contributed by atoms with E-state index >= 15 is 0 Å². The summed E-state index contributed by atoms with van der Waals surface area (Å²) >= 11 is 1.52. The van der Waals surface area contributed by atoms with Gasteiger partial charge in [-0.1, -0.05) is 0 Å². The summed E-state index contributed by atoms with van der Waals surface area (Å²) in [7, 11) is 0. The van der Waals surface area contributed by atoms with Crippen LogP contribution < -0.4 is 10.6 Å². The topological polar surface area (TPSA) is 100 Å². The molecule has 2 aliphatic rings. The molecule has 0 spiro atoms. The van der Waals surface area contributed by atoms with Gasteiger partial charge in [0.05, 0.1) is 18.3 Å². The first-order valence-corrected chi connectivity index (χ1v) is 10.5. The van der Waals surface area contributed by atoms with Crippen LogP contribution in [0.5, 0.6) is 0 Å². The van der Waals surface area contributed by atoms with Gasteiger partial charge in [0, 0.05) is 24.2 Å². The first kappa shape index (κ1) is 20.4. The number of carbonyl (C=O) groups is 2. The van der Waals surface area contributed by atoms with Gasteiger partial charge in [0.25, 0.3) is 5.91 Å². The summed E-state index contributed by atoms with van der Waals surface area (Å²) in [5.41, 5.74) is 1.57. The van der Waals surface area contributed by atoms with E-state index < -0.39 is 5.97 Å². The minimum Gasteiger partial charge on any atom is -0.462 e. The number of amides is 1. The van der Waals surface area contributed by atoms with E-state index in [1.165, 1.54) is 22.4 Å². The number of nitrogens with one attached hydrogen (secondary N) is 2. The van der Waals surface area contributed by atoms with Crippen LogP contribution in [0.15, 0.2) is 11.8 Å². The van der Waals surface area contributed by atoms with Crippen LogP contribution in [0.4, 0.5) is 5.00 Å². The summed E-state index contributed by atoms with van der Waals surface area (Å²) < 4.78 is 10.5. The fourth-order valence-corrected chi connectivity index (χ4v) is 4.75. The number of anilines is 1. The third-order valence-electron chi connectivity index (χ3n) is 4.88. The molecule has 1 amide bonds. The highest BCUT2D eigenvalue weighted by atomic mass is 32.1. The quantitative estimate of drug-likeness (QED) is 0.412. The first-order chi connectivity index (χ1) is 13.6. The van der Waals surface area contributed by atoms with Crippen LogP contribution in [0.1, 0.15) is 53.4 Å². The van der Waals surface area contributed by atoms with Crippen LogP contribution in [0.25, 0.3) is 0 Å². The molecule has 3 rings (SSSR count). The molecule has 1 saturated heterocycles. The molecule has 28 heavy (non-hydrogen) atoms. The van der Waals surface area contributed by atoms with E-state index in [2.05, 4.69) is 10.6 Å². The number of fused-ring (bicyclic) bond motifs is 1. The molecule has 0 unspecified atom stereocenters. The molecule has 0 bridgehead atoms. The highest BCUT2D eigenvalue weighted by Gasteiger charge is 2.26. The molecule has 1 aliphatic heterocycles. The second-order valence-corrected chi connectivity index (χ2v) is 7.90. The summed E-state index contributed by atoms with van der Waals surface area (Å²) in [6, 6.07) is 1.84. The lowest BCUT2D eigenvalue weighted by Gasteiger charge is -2.14. The van der Waals surface area contributed by atoms with Crippen molar-refractivity contribution in [1.82, 2.24) is 5.32 Å². The monoisotopic (exact) mass is 403 g/mol. The lowest BCUT2D eigenvalue weighted by atomic mass is 9.95. The van der Waals surface area contributed by atoms with Gasteiger partial charge in [0.2, 0.25) is 0 Å². The Balaban J connectivity index is 1.80. The zero-order valence-electron chi connectivity index (χ0n) is 16.0. The van der Waals surface area contributed by atoms with Crippen LogP contribution in [0.2, 0.25) is 0 Å². The van der Waals surface area contributed by atoms with E-state index in [9.17, 15) is 14.9 Å². The standard InChI is InChI=1S/C20H25N3O4S/c1-2-26-20(25)13(10-21)11-23-19-17(15-7-3-4-8-16(15)28-19)18(24)22-12-14-6-5-9-27-14/h11,14,23H,2-9,12H2,1H3,(H,22,24)/b13-11+/t14-/m1/s1. The number of ether oxygens (including phenoxy) is 2. The molecule has 7 nitrogen and oxygen atoms in total. The molecule has 0 saturated carbocycles. The van der Waals surface area contributed by atoms with E-state index in [1.54, 1.807) is 6.92 Å². The predicted octanol–water partition coefficient (Wildman–Crippen LogP) is 2.92. The smallest absolute Gasteiger partial charge is 0.350 e. The summed E-state index contributed by atoms with van der Waals surface area (Å²) in [6.07, 6.45) is 7.35. The molecule has 2 heterocycles. The van der Waals surface area contributed by atoms with Gasteiger partial charge in [0.1, 0.15) is 11.1 Å². The molecular weight excluding hydrogens is 378 g/mol. The average molecular weight is 404 g/mol. The Morgan fingerprint density at radius 3 is 2.89 bits per heavy atom. The average Bonchev–Trinajstić information content (AvgIpc) is 3.34. The fourth-order valence-electron chi connectivity index (χ4n) is 3.49. The van der Waals surface area contributed by atoms with Crippen LogP contribution in [-0.2, 0) is 27.1 Å². The maximum absolute atomic E-state index is 12.9. The van der Waals surface area contributed by atoms with Gasteiger partial charge >= 0.3 is 5.97 Å². The molecule has 8 heteroatoms. The lowest BCUT2D eigenvalue weighted by molar-refractivity contribution is -0.138. The second-order valence-electron chi connectivity index (χ2n) is 6.79. The Morgan fingerprint density at radius 1 is 1.36 bits per heavy atom. The van der Waals surface area contributed by atoms with E-state index in [-0.39, 0.29) is 24.2 Å². The van der Waals surface area contributed by atoms with Crippen molar-refractivity contribution in [2.75, 3.05) is 25.1 Å². The highest BCUT2D eigenvalue weighted by molar-refractivity contribution is 7.16. The van der Waals surface area contributed by atoms with Gasteiger partial charge in [-0.05, 0) is 51.0 Å². The third kappa shape index (κ3) is 4.72. The largest absolute Gasteiger partial charge is 0.462 e. The molecular formula is C20H25N3O4S. The van der Waals surface area contributed by atoms with Crippen molar-refractivity contribution >= 4 is 28.2 Å². The maximum atomic E-state index is 12.9. The van der Waals surface area contributed by atoms with Gasteiger partial charge in [-0.25, -0.2) is 4.79 Å². The molecule has 1 aliphatic carbocycles. The number of nitriles is 1. The Kier molecular flexibility index (Phi) is 7.06. The third-order valence-corrected chi connectivity index (χ3v) is 6.10. The zero-order chi connectivity index (χ0) is 19.9. The highest BCUT2D eigenvalue weighted by Crippen LogP contribution is 2.38. The van der Waals surface area contributed by atoms with Crippen LogP contribution >= 0.6 is 11.3 Å². The van der Waals surface area contributed by atoms with Crippen molar-refractivity contribution in [3.05, 3.63) is 27.8 Å². The van der Waals surface area contributed by atoms with Crippen molar-refractivity contribution in [3.8, 4) is 6.07 Å². The van der Waals surface area contributed by atoms with E-state index in [0.717, 1.165) is 50.7 Å². The number of thiophene rings is 1. The number of nitrogens with zero attached hydrogens (tertiary/aromatic N) is 1. The predicted molar refractivity (Wildman–Crippen MR) is 106 cm³/mol. The lowest BCUT2D eigenvalue weighted by Crippen LogP contribution is -2.32. The molecule has 0 aromatic carbocycles. The molecule has 150 valence electrons. The molecule has 1 atom stereocenters. The summed E-state index contributed by atoms with van der Waals surface area (Å²) in [4.78, 5) is 25.9. The number of aryl methyl sites for hydroxylation is 1.